The predicted octanol–water partition coefficient (Wildman–Crippen LogP) is 1.35. The Morgan fingerprint density at radius 1 is 1.11 bits per heavy atom. The van der Waals surface area contributed by atoms with Crippen molar-refractivity contribution in [2.45, 2.75) is 69.4 Å². The van der Waals surface area contributed by atoms with Crippen molar-refractivity contribution in [2.75, 3.05) is 6.61 Å². The molecule has 0 bridgehead atoms. The van der Waals surface area contributed by atoms with Crippen LogP contribution in [0.2, 0.25) is 0 Å². The molecule has 2 aliphatic carbocycles. The first kappa shape index (κ1) is 13.8. The maximum absolute atomic E-state index is 12.2. The van der Waals surface area contributed by atoms with Gasteiger partial charge < -0.3 is 15.5 Å². The molecule has 0 aromatic carbocycles. The van der Waals surface area contributed by atoms with Crippen molar-refractivity contribution >= 4 is 5.91 Å². The zero-order valence-corrected chi connectivity index (χ0v) is 11.0. The van der Waals surface area contributed by atoms with Crippen LogP contribution in [0.4, 0.5) is 0 Å². The molecular weight excluding hydrogens is 230 g/mol. The van der Waals surface area contributed by atoms with E-state index in [4.69, 9.17) is 0 Å². The molecule has 0 heterocycles. The summed E-state index contributed by atoms with van der Waals surface area (Å²) in [7, 11) is 0. The van der Waals surface area contributed by atoms with Crippen LogP contribution in [0.5, 0.6) is 0 Å². The highest BCUT2D eigenvalue weighted by molar-refractivity contribution is 5.85. The second-order valence-electron chi connectivity index (χ2n) is 5.90. The SMILES string of the molecule is O=C(N[C@@H]1CCCCC[C@@H]1CO)C1(O)CCCC1. The summed E-state index contributed by atoms with van der Waals surface area (Å²) in [5.41, 5.74) is -1.15. The van der Waals surface area contributed by atoms with Gasteiger partial charge in [-0.25, -0.2) is 0 Å². The smallest absolute Gasteiger partial charge is 0.252 e. The zero-order valence-electron chi connectivity index (χ0n) is 11.0. The Morgan fingerprint density at radius 2 is 1.78 bits per heavy atom. The number of amides is 1. The third-order valence-corrected chi connectivity index (χ3v) is 4.56. The van der Waals surface area contributed by atoms with Gasteiger partial charge in [-0.05, 0) is 38.5 Å². The largest absolute Gasteiger partial charge is 0.396 e. The molecule has 0 aromatic heterocycles. The van der Waals surface area contributed by atoms with Gasteiger partial charge in [-0.1, -0.05) is 19.3 Å². The molecule has 1 amide bonds. The number of aliphatic hydroxyl groups excluding tert-OH is 1. The Kier molecular flexibility index (Phi) is 4.62. The van der Waals surface area contributed by atoms with Gasteiger partial charge >= 0.3 is 0 Å². The van der Waals surface area contributed by atoms with E-state index in [2.05, 4.69) is 5.32 Å². The zero-order chi connectivity index (χ0) is 13.0. The lowest BCUT2D eigenvalue weighted by Crippen LogP contribution is -2.51. The monoisotopic (exact) mass is 255 g/mol. The Labute approximate surface area is 109 Å². The van der Waals surface area contributed by atoms with E-state index in [1.807, 2.05) is 0 Å². The Balaban J connectivity index is 1.95. The van der Waals surface area contributed by atoms with Crippen LogP contribution >= 0.6 is 0 Å². The minimum absolute atomic E-state index is 0.0367. The third-order valence-electron chi connectivity index (χ3n) is 4.56. The van der Waals surface area contributed by atoms with Gasteiger partial charge in [0.05, 0.1) is 0 Å². The summed E-state index contributed by atoms with van der Waals surface area (Å²) < 4.78 is 0. The van der Waals surface area contributed by atoms with E-state index in [0.717, 1.165) is 38.5 Å². The van der Waals surface area contributed by atoms with Gasteiger partial charge in [0.2, 0.25) is 0 Å². The summed E-state index contributed by atoms with van der Waals surface area (Å²) in [6.07, 6.45) is 8.31. The van der Waals surface area contributed by atoms with E-state index in [1.54, 1.807) is 0 Å². The molecule has 2 aliphatic rings. The molecule has 0 saturated heterocycles. The minimum atomic E-state index is -1.15. The number of carbonyl (C=O) groups is 1. The van der Waals surface area contributed by atoms with Gasteiger partial charge in [-0.15, -0.1) is 0 Å². The topological polar surface area (TPSA) is 69.6 Å². The van der Waals surface area contributed by atoms with Crippen molar-refractivity contribution in [1.29, 1.82) is 0 Å². The maximum Gasteiger partial charge on any atom is 0.252 e. The molecule has 2 atom stereocenters. The van der Waals surface area contributed by atoms with Gasteiger partial charge in [0.15, 0.2) is 0 Å². The van der Waals surface area contributed by atoms with Crippen LogP contribution in [0.3, 0.4) is 0 Å². The fourth-order valence-corrected chi connectivity index (χ4v) is 3.28. The Morgan fingerprint density at radius 3 is 2.44 bits per heavy atom. The Bertz CT molecular complexity index is 287. The fourth-order valence-electron chi connectivity index (χ4n) is 3.28. The standard InChI is InChI=1S/C14H25NO3/c16-10-11-6-2-1-3-7-12(11)15-13(17)14(18)8-4-5-9-14/h11-12,16,18H,1-10H2,(H,15,17)/t11-,12-/m1/s1. The van der Waals surface area contributed by atoms with Crippen molar-refractivity contribution < 1.29 is 15.0 Å². The fraction of sp³-hybridized carbons (Fsp3) is 0.929. The van der Waals surface area contributed by atoms with Crippen LogP contribution < -0.4 is 5.32 Å². The number of rotatable bonds is 3. The molecule has 0 radical (unpaired) electrons. The molecule has 2 saturated carbocycles. The highest BCUT2D eigenvalue weighted by Gasteiger charge is 2.40. The second kappa shape index (κ2) is 6.02. The van der Waals surface area contributed by atoms with Crippen molar-refractivity contribution in [1.82, 2.24) is 5.32 Å². The molecule has 0 spiro atoms. The van der Waals surface area contributed by atoms with E-state index in [1.165, 1.54) is 6.42 Å². The lowest BCUT2D eigenvalue weighted by molar-refractivity contribution is -0.140. The number of nitrogens with one attached hydrogen (secondary N) is 1. The molecule has 2 fully saturated rings. The van der Waals surface area contributed by atoms with Crippen molar-refractivity contribution in [3.8, 4) is 0 Å². The molecule has 4 heteroatoms. The third kappa shape index (κ3) is 3.04. The first-order chi connectivity index (χ1) is 8.65. The quantitative estimate of drug-likeness (QED) is 0.667. The van der Waals surface area contributed by atoms with Gasteiger partial charge in [-0.3, -0.25) is 4.79 Å². The van der Waals surface area contributed by atoms with Crippen LogP contribution in [0.1, 0.15) is 57.8 Å². The molecule has 104 valence electrons. The Hall–Kier alpha value is -0.610. The first-order valence-corrected chi connectivity index (χ1v) is 7.30. The minimum Gasteiger partial charge on any atom is -0.396 e. The summed E-state index contributed by atoms with van der Waals surface area (Å²) in [5, 5.41) is 22.7. The highest BCUT2D eigenvalue weighted by Crippen LogP contribution is 2.31. The van der Waals surface area contributed by atoms with Gasteiger partial charge in [-0.2, -0.15) is 0 Å². The van der Waals surface area contributed by atoms with Crippen molar-refractivity contribution in [2.24, 2.45) is 5.92 Å². The second-order valence-corrected chi connectivity index (χ2v) is 5.90. The van der Waals surface area contributed by atoms with Gasteiger partial charge in [0.1, 0.15) is 5.60 Å². The summed E-state index contributed by atoms with van der Waals surface area (Å²) >= 11 is 0. The molecule has 2 rings (SSSR count). The highest BCUT2D eigenvalue weighted by atomic mass is 16.3. The van der Waals surface area contributed by atoms with Crippen LogP contribution in [0.25, 0.3) is 0 Å². The molecule has 0 unspecified atom stereocenters. The maximum atomic E-state index is 12.2. The van der Waals surface area contributed by atoms with E-state index in [0.29, 0.717) is 12.8 Å². The van der Waals surface area contributed by atoms with Crippen molar-refractivity contribution in [3.05, 3.63) is 0 Å². The van der Waals surface area contributed by atoms with Gasteiger partial charge in [0.25, 0.3) is 5.91 Å². The number of carbonyl (C=O) groups excluding carboxylic acids is 1. The van der Waals surface area contributed by atoms with E-state index in [-0.39, 0.29) is 24.5 Å². The van der Waals surface area contributed by atoms with Crippen LogP contribution in [0.15, 0.2) is 0 Å². The first-order valence-electron chi connectivity index (χ1n) is 7.30. The number of aliphatic hydroxyl groups is 2. The molecule has 18 heavy (non-hydrogen) atoms. The molecule has 3 N–H and O–H groups in total. The number of hydrogen-bond donors (Lipinski definition) is 3. The average molecular weight is 255 g/mol. The molecule has 0 aromatic rings. The predicted molar refractivity (Wildman–Crippen MR) is 69.0 cm³/mol. The van der Waals surface area contributed by atoms with E-state index < -0.39 is 5.60 Å². The van der Waals surface area contributed by atoms with E-state index in [9.17, 15) is 15.0 Å². The molecule has 4 nitrogen and oxygen atoms in total. The van der Waals surface area contributed by atoms with Gasteiger partial charge in [0, 0.05) is 18.6 Å². The summed E-state index contributed by atoms with van der Waals surface area (Å²) in [6.45, 7) is 0.128. The van der Waals surface area contributed by atoms with Crippen LogP contribution in [-0.4, -0.2) is 34.4 Å². The summed E-state index contributed by atoms with van der Waals surface area (Å²) in [4.78, 5) is 12.2. The average Bonchev–Trinajstić information content (AvgIpc) is 2.69. The lowest BCUT2D eigenvalue weighted by atomic mass is 9.93. The summed E-state index contributed by atoms with van der Waals surface area (Å²) in [5.74, 6) is -0.0631. The van der Waals surface area contributed by atoms with E-state index >= 15 is 0 Å². The lowest BCUT2D eigenvalue weighted by Gasteiger charge is -2.29. The number of hydrogen-bond acceptors (Lipinski definition) is 3. The molecular formula is C14H25NO3. The van der Waals surface area contributed by atoms with Crippen LogP contribution in [-0.2, 0) is 4.79 Å². The normalized spacial score (nSPS) is 31.9. The van der Waals surface area contributed by atoms with Crippen molar-refractivity contribution in [3.63, 3.8) is 0 Å². The molecule has 0 aliphatic heterocycles. The summed E-state index contributed by atoms with van der Waals surface area (Å²) in [6, 6.07) is 0.0367. The van der Waals surface area contributed by atoms with Crippen LogP contribution in [0, 0.1) is 5.92 Å².